The molecule has 0 atom stereocenters. The van der Waals surface area contributed by atoms with Crippen molar-refractivity contribution in [3.8, 4) is 0 Å². The van der Waals surface area contributed by atoms with Gasteiger partial charge in [0.05, 0.1) is 11.0 Å². The molecule has 1 radical (unpaired) electrons. The molecule has 0 aromatic carbocycles. The van der Waals surface area contributed by atoms with Gasteiger partial charge in [-0.3, -0.25) is 10.1 Å². The molecule has 14 heavy (non-hydrogen) atoms. The van der Waals surface area contributed by atoms with Gasteiger partial charge in [-0.05, 0) is 6.07 Å². The Labute approximate surface area is 80.5 Å². The van der Waals surface area contributed by atoms with E-state index in [1.807, 2.05) is 0 Å². The molecule has 75 valence electrons. The van der Waals surface area contributed by atoms with Crippen molar-refractivity contribution in [2.24, 2.45) is 0 Å². The zero-order valence-corrected chi connectivity index (χ0v) is 7.06. The van der Waals surface area contributed by atoms with Crippen LogP contribution in [-0.4, -0.2) is 9.91 Å². The molecule has 0 aliphatic carbocycles. The monoisotopic (exact) mass is 225 g/mol. The first-order chi connectivity index (χ1) is 6.32. The van der Waals surface area contributed by atoms with Gasteiger partial charge < -0.3 is 0 Å². The van der Waals surface area contributed by atoms with Crippen LogP contribution in [0.15, 0.2) is 6.07 Å². The third-order valence-electron chi connectivity index (χ3n) is 1.23. The fourth-order valence-electron chi connectivity index (χ4n) is 0.660. The zero-order chi connectivity index (χ0) is 10.9. The summed E-state index contributed by atoms with van der Waals surface area (Å²) in [5, 5.41) is 9.32. The van der Waals surface area contributed by atoms with E-state index in [1.54, 1.807) is 6.07 Å². The molecule has 0 saturated heterocycles. The summed E-state index contributed by atoms with van der Waals surface area (Å²) in [7, 11) is 0. The van der Waals surface area contributed by atoms with Crippen LogP contribution in [0.3, 0.4) is 0 Å². The van der Waals surface area contributed by atoms with Gasteiger partial charge in [-0.1, -0.05) is 11.6 Å². The molecule has 0 aliphatic heterocycles. The minimum atomic E-state index is -4.69. The summed E-state index contributed by atoms with van der Waals surface area (Å²) in [5.74, 6) is 0. The predicted octanol–water partition coefficient (Wildman–Crippen LogP) is 2.46. The molecule has 8 heteroatoms. The van der Waals surface area contributed by atoms with E-state index in [9.17, 15) is 23.3 Å². The first kappa shape index (κ1) is 10.7. The Morgan fingerprint density at radius 1 is 1.57 bits per heavy atom. The standard InChI is InChI=1S/C6HClF3N2O2/c7-5-3(12(13)14)1-2-4(11-5)6(8,9)10/h2H. The number of pyridine rings is 1. The van der Waals surface area contributed by atoms with E-state index in [0.717, 1.165) is 0 Å². The molecule has 0 unspecified atom stereocenters. The first-order valence-corrected chi connectivity index (χ1v) is 3.50. The maximum Gasteiger partial charge on any atom is 0.433 e. The minimum absolute atomic E-state index is 0.379. The minimum Gasteiger partial charge on any atom is -0.258 e. The highest BCUT2D eigenvalue weighted by Crippen LogP contribution is 2.31. The van der Waals surface area contributed by atoms with Crippen molar-refractivity contribution in [1.29, 1.82) is 0 Å². The summed E-state index contributed by atoms with van der Waals surface area (Å²) >= 11 is 5.15. The number of nitro groups is 1. The lowest BCUT2D eigenvalue weighted by Crippen LogP contribution is -2.08. The van der Waals surface area contributed by atoms with Crippen molar-refractivity contribution in [2.45, 2.75) is 6.18 Å². The van der Waals surface area contributed by atoms with Crippen molar-refractivity contribution in [3.05, 3.63) is 33.1 Å². The van der Waals surface area contributed by atoms with Gasteiger partial charge >= 0.3 is 11.9 Å². The number of rotatable bonds is 1. The summed E-state index contributed by atoms with van der Waals surface area (Å²) in [6, 6.07) is 2.18. The molecule has 1 heterocycles. The van der Waals surface area contributed by atoms with E-state index < -0.39 is 27.6 Å². The van der Waals surface area contributed by atoms with Crippen molar-refractivity contribution in [3.63, 3.8) is 0 Å². The lowest BCUT2D eigenvalue weighted by molar-refractivity contribution is -0.385. The summed E-state index contributed by atoms with van der Waals surface area (Å²) in [5.41, 5.74) is -2.09. The van der Waals surface area contributed by atoms with Crippen molar-refractivity contribution in [2.75, 3.05) is 0 Å². The molecule has 0 saturated carbocycles. The summed E-state index contributed by atoms with van der Waals surface area (Å²) < 4.78 is 36.0. The largest absolute Gasteiger partial charge is 0.433 e. The molecular formula is C6HClF3N2O2. The van der Waals surface area contributed by atoms with Crippen molar-refractivity contribution < 1.29 is 18.1 Å². The van der Waals surface area contributed by atoms with Gasteiger partial charge in [-0.25, -0.2) is 4.98 Å². The molecule has 0 fully saturated rings. The van der Waals surface area contributed by atoms with Gasteiger partial charge in [0.1, 0.15) is 5.69 Å². The lowest BCUT2D eigenvalue weighted by Gasteiger charge is -2.04. The van der Waals surface area contributed by atoms with Gasteiger partial charge in [0.25, 0.3) is 0 Å². The topological polar surface area (TPSA) is 56.0 Å². The second-order valence-electron chi connectivity index (χ2n) is 2.18. The SMILES string of the molecule is O=[N+]([O-])c1[c]cc(C(F)(F)F)nc1Cl. The fraction of sp³-hybridized carbons (Fsp3) is 0.167. The van der Waals surface area contributed by atoms with E-state index in [4.69, 9.17) is 11.6 Å². The number of alkyl halides is 3. The third-order valence-corrected chi connectivity index (χ3v) is 1.50. The zero-order valence-electron chi connectivity index (χ0n) is 6.30. The molecule has 0 N–H and O–H groups in total. The maximum absolute atomic E-state index is 12.0. The maximum atomic E-state index is 12.0. The van der Waals surface area contributed by atoms with E-state index in [1.165, 1.54) is 0 Å². The lowest BCUT2D eigenvalue weighted by atomic mass is 10.3. The van der Waals surface area contributed by atoms with Crippen LogP contribution in [0.25, 0.3) is 0 Å². The summed E-state index contributed by atoms with van der Waals surface area (Å²) in [4.78, 5) is 12.0. The summed E-state index contributed by atoms with van der Waals surface area (Å²) in [6.45, 7) is 0. The average molecular weight is 226 g/mol. The van der Waals surface area contributed by atoms with Gasteiger partial charge in [0.2, 0.25) is 5.15 Å². The van der Waals surface area contributed by atoms with Crippen LogP contribution in [0, 0.1) is 16.2 Å². The Kier molecular flexibility index (Phi) is 2.61. The Balaban J connectivity index is 3.20. The van der Waals surface area contributed by atoms with Crippen LogP contribution < -0.4 is 0 Å². The van der Waals surface area contributed by atoms with Gasteiger partial charge in [0, 0.05) is 0 Å². The van der Waals surface area contributed by atoms with Crippen LogP contribution in [-0.2, 0) is 6.18 Å². The van der Waals surface area contributed by atoms with Crippen LogP contribution in [0.2, 0.25) is 5.15 Å². The van der Waals surface area contributed by atoms with Crippen molar-refractivity contribution >= 4 is 17.3 Å². The first-order valence-electron chi connectivity index (χ1n) is 3.12. The highest BCUT2D eigenvalue weighted by atomic mass is 35.5. The smallest absolute Gasteiger partial charge is 0.258 e. The highest BCUT2D eigenvalue weighted by Gasteiger charge is 2.34. The van der Waals surface area contributed by atoms with E-state index in [0.29, 0.717) is 6.07 Å². The molecule has 1 aromatic rings. The fourth-order valence-corrected chi connectivity index (χ4v) is 0.875. The number of nitrogens with zero attached hydrogens (tertiary/aromatic N) is 2. The Morgan fingerprint density at radius 2 is 2.14 bits per heavy atom. The van der Waals surface area contributed by atoms with Crippen LogP contribution in [0.1, 0.15) is 5.69 Å². The second-order valence-corrected chi connectivity index (χ2v) is 2.54. The second kappa shape index (κ2) is 3.41. The Morgan fingerprint density at radius 3 is 2.50 bits per heavy atom. The Hall–Kier alpha value is -1.37. The van der Waals surface area contributed by atoms with E-state index in [-0.39, 0.29) is 0 Å². The van der Waals surface area contributed by atoms with Crippen LogP contribution in [0.4, 0.5) is 18.9 Å². The highest BCUT2D eigenvalue weighted by molar-refractivity contribution is 6.31. The third kappa shape index (κ3) is 2.11. The molecule has 1 rings (SSSR count). The molecule has 0 bridgehead atoms. The van der Waals surface area contributed by atoms with Gasteiger partial charge in [-0.2, -0.15) is 13.2 Å². The number of hydrogen-bond donors (Lipinski definition) is 0. The number of halogens is 4. The van der Waals surface area contributed by atoms with Crippen LogP contribution >= 0.6 is 11.6 Å². The summed E-state index contributed by atoms with van der Waals surface area (Å²) in [6.07, 6.45) is -4.69. The number of hydrogen-bond acceptors (Lipinski definition) is 3. The molecule has 4 nitrogen and oxygen atoms in total. The Bertz CT molecular complexity index is 380. The average Bonchev–Trinajstić information content (AvgIpc) is 2.01. The number of aromatic nitrogens is 1. The molecule has 0 amide bonds. The van der Waals surface area contributed by atoms with Crippen molar-refractivity contribution in [1.82, 2.24) is 4.98 Å². The van der Waals surface area contributed by atoms with E-state index >= 15 is 0 Å². The van der Waals surface area contributed by atoms with Crippen LogP contribution in [0.5, 0.6) is 0 Å². The molecular weight excluding hydrogens is 225 g/mol. The quantitative estimate of drug-likeness (QED) is 0.419. The van der Waals surface area contributed by atoms with Gasteiger partial charge in [0.15, 0.2) is 0 Å². The predicted molar refractivity (Wildman–Crippen MR) is 39.7 cm³/mol. The molecule has 0 spiro atoms. The molecule has 0 aliphatic rings. The normalized spacial score (nSPS) is 11.4. The van der Waals surface area contributed by atoms with E-state index in [2.05, 4.69) is 4.98 Å². The molecule has 1 aromatic heterocycles. The van der Waals surface area contributed by atoms with Gasteiger partial charge in [-0.15, -0.1) is 0 Å².